The van der Waals surface area contributed by atoms with Gasteiger partial charge in [0.15, 0.2) is 0 Å². The first-order valence-corrected chi connectivity index (χ1v) is 6.96. The number of nitrogens with zero attached hydrogens (tertiary/aromatic N) is 1. The van der Waals surface area contributed by atoms with Crippen molar-refractivity contribution in [3.8, 4) is 6.07 Å². The second-order valence-corrected chi connectivity index (χ2v) is 5.97. The second kappa shape index (κ2) is 5.33. The Morgan fingerprint density at radius 2 is 2.16 bits per heavy atom. The maximum absolute atomic E-state index is 12.6. The second-order valence-electron chi connectivity index (χ2n) is 4.49. The summed E-state index contributed by atoms with van der Waals surface area (Å²) in [7, 11) is 0. The van der Waals surface area contributed by atoms with Crippen LogP contribution in [0.4, 0.5) is 18.9 Å². The third-order valence-corrected chi connectivity index (χ3v) is 4.51. The van der Waals surface area contributed by atoms with Gasteiger partial charge in [-0.15, -0.1) is 0 Å². The molecule has 2 rings (SSSR count). The molecule has 0 amide bonds. The highest BCUT2D eigenvalue weighted by Crippen LogP contribution is 2.33. The Hall–Kier alpha value is -1.35. The number of nitrogens with one attached hydrogen (secondary N) is 1. The Bertz CT molecular complexity index is 508. The fourth-order valence-electron chi connectivity index (χ4n) is 2.06. The summed E-state index contributed by atoms with van der Waals surface area (Å²) in [4.78, 5) is 0. The van der Waals surface area contributed by atoms with Crippen molar-refractivity contribution in [1.82, 2.24) is 0 Å². The molecule has 0 aromatic heterocycles. The van der Waals surface area contributed by atoms with E-state index in [1.54, 1.807) is 0 Å². The number of halogens is 3. The molecule has 1 heterocycles. The summed E-state index contributed by atoms with van der Waals surface area (Å²) in [6.45, 7) is 2.07. The van der Waals surface area contributed by atoms with Crippen molar-refractivity contribution in [3.05, 3.63) is 29.3 Å². The van der Waals surface area contributed by atoms with E-state index in [1.807, 2.05) is 17.8 Å². The number of anilines is 1. The highest BCUT2D eigenvalue weighted by atomic mass is 32.2. The molecule has 6 heteroatoms. The van der Waals surface area contributed by atoms with Gasteiger partial charge in [-0.2, -0.15) is 30.2 Å². The highest BCUT2D eigenvalue weighted by molar-refractivity contribution is 8.00. The first-order chi connectivity index (χ1) is 8.91. The zero-order chi connectivity index (χ0) is 14.0. The number of benzene rings is 1. The first kappa shape index (κ1) is 14.1. The van der Waals surface area contributed by atoms with Gasteiger partial charge in [-0.05, 0) is 30.4 Å². The van der Waals surface area contributed by atoms with E-state index in [-0.39, 0.29) is 11.6 Å². The number of thioether (sulfide) groups is 1. The maximum Gasteiger partial charge on any atom is 0.416 e. The van der Waals surface area contributed by atoms with Gasteiger partial charge in [0.25, 0.3) is 0 Å². The van der Waals surface area contributed by atoms with Crippen LogP contribution in [0.2, 0.25) is 0 Å². The Labute approximate surface area is 114 Å². The fraction of sp³-hybridized carbons (Fsp3) is 0.462. The predicted octanol–water partition coefficient (Wildman–Crippen LogP) is 3.88. The van der Waals surface area contributed by atoms with E-state index in [1.165, 1.54) is 6.07 Å². The molecule has 1 aliphatic rings. The maximum atomic E-state index is 12.6. The van der Waals surface area contributed by atoms with Crippen LogP contribution >= 0.6 is 11.8 Å². The third kappa shape index (κ3) is 3.16. The van der Waals surface area contributed by atoms with Crippen molar-refractivity contribution in [2.45, 2.75) is 30.8 Å². The van der Waals surface area contributed by atoms with Gasteiger partial charge in [0.1, 0.15) is 6.07 Å². The van der Waals surface area contributed by atoms with Gasteiger partial charge in [-0.25, -0.2) is 0 Å². The van der Waals surface area contributed by atoms with E-state index in [0.29, 0.717) is 10.9 Å². The highest BCUT2D eigenvalue weighted by Gasteiger charge is 2.31. The largest absolute Gasteiger partial charge is 0.416 e. The van der Waals surface area contributed by atoms with Crippen LogP contribution in [0, 0.1) is 11.3 Å². The van der Waals surface area contributed by atoms with Gasteiger partial charge in [-0.1, -0.05) is 6.92 Å². The molecule has 2 nitrogen and oxygen atoms in total. The summed E-state index contributed by atoms with van der Waals surface area (Å²) < 4.78 is 37.7. The summed E-state index contributed by atoms with van der Waals surface area (Å²) in [5.74, 6) is 1.03. The van der Waals surface area contributed by atoms with E-state index in [4.69, 9.17) is 5.26 Å². The van der Waals surface area contributed by atoms with Crippen LogP contribution in [0.15, 0.2) is 18.2 Å². The molecule has 1 aromatic carbocycles. The van der Waals surface area contributed by atoms with E-state index < -0.39 is 11.7 Å². The lowest BCUT2D eigenvalue weighted by atomic mass is 10.1. The molecule has 0 saturated carbocycles. The number of alkyl halides is 3. The fourth-order valence-corrected chi connectivity index (χ4v) is 3.26. The average Bonchev–Trinajstić information content (AvgIpc) is 2.74. The molecule has 0 radical (unpaired) electrons. The van der Waals surface area contributed by atoms with Crippen molar-refractivity contribution < 1.29 is 13.2 Å². The summed E-state index contributed by atoms with van der Waals surface area (Å²) in [6, 6.07) is 5.28. The molecule has 1 aliphatic heterocycles. The molecule has 1 fully saturated rings. The van der Waals surface area contributed by atoms with E-state index in [9.17, 15) is 13.2 Å². The lowest BCUT2D eigenvalue weighted by molar-refractivity contribution is -0.137. The lowest BCUT2D eigenvalue weighted by Crippen LogP contribution is -2.25. The Morgan fingerprint density at radius 3 is 2.68 bits per heavy atom. The van der Waals surface area contributed by atoms with Crippen molar-refractivity contribution >= 4 is 17.4 Å². The molecule has 2 unspecified atom stereocenters. The molecule has 19 heavy (non-hydrogen) atoms. The van der Waals surface area contributed by atoms with Gasteiger partial charge in [0.05, 0.1) is 16.8 Å². The van der Waals surface area contributed by atoms with Crippen molar-refractivity contribution in [1.29, 1.82) is 5.26 Å². The normalized spacial score (nSPS) is 23.1. The van der Waals surface area contributed by atoms with Crippen LogP contribution in [0.5, 0.6) is 0 Å². The van der Waals surface area contributed by atoms with Crippen LogP contribution in [-0.4, -0.2) is 17.0 Å². The molecule has 0 bridgehead atoms. The SMILES string of the molecule is CC1SCCC1Nc1ccc(C(F)(F)F)cc1C#N. The molecular formula is C13H13F3N2S. The minimum absolute atomic E-state index is 0.0407. The van der Waals surface area contributed by atoms with Gasteiger partial charge in [0.2, 0.25) is 0 Å². The number of nitriles is 1. The van der Waals surface area contributed by atoms with Crippen LogP contribution in [0.25, 0.3) is 0 Å². The standard InChI is InChI=1S/C13H13F3N2S/c1-8-11(4-5-19-8)18-12-3-2-10(13(14,15)16)6-9(12)7-17/h2-3,6,8,11,18H,4-5H2,1H3. The Kier molecular flexibility index (Phi) is 3.95. The van der Waals surface area contributed by atoms with Gasteiger partial charge >= 0.3 is 6.18 Å². The van der Waals surface area contributed by atoms with Crippen LogP contribution in [-0.2, 0) is 6.18 Å². The molecule has 0 spiro atoms. The summed E-state index contributed by atoms with van der Waals surface area (Å²) in [5, 5.41) is 12.6. The number of hydrogen-bond donors (Lipinski definition) is 1. The zero-order valence-corrected chi connectivity index (χ0v) is 11.1. The van der Waals surface area contributed by atoms with Crippen LogP contribution < -0.4 is 5.32 Å². The topological polar surface area (TPSA) is 35.8 Å². The van der Waals surface area contributed by atoms with Crippen LogP contribution in [0.3, 0.4) is 0 Å². The molecule has 1 aromatic rings. The lowest BCUT2D eigenvalue weighted by Gasteiger charge is -2.19. The average molecular weight is 286 g/mol. The van der Waals surface area contributed by atoms with Gasteiger partial charge in [0, 0.05) is 11.3 Å². The predicted molar refractivity (Wildman–Crippen MR) is 70.1 cm³/mol. The molecule has 2 atom stereocenters. The van der Waals surface area contributed by atoms with Gasteiger partial charge < -0.3 is 5.32 Å². The molecule has 1 N–H and O–H groups in total. The summed E-state index contributed by atoms with van der Waals surface area (Å²) in [6.07, 6.45) is -3.46. The number of hydrogen-bond acceptors (Lipinski definition) is 3. The van der Waals surface area contributed by atoms with Crippen LogP contribution in [0.1, 0.15) is 24.5 Å². The first-order valence-electron chi connectivity index (χ1n) is 5.91. The van der Waals surface area contributed by atoms with Gasteiger partial charge in [-0.3, -0.25) is 0 Å². The molecule has 102 valence electrons. The van der Waals surface area contributed by atoms with E-state index in [2.05, 4.69) is 12.2 Å². The van der Waals surface area contributed by atoms with Crippen molar-refractivity contribution in [3.63, 3.8) is 0 Å². The summed E-state index contributed by atoms with van der Waals surface area (Å²) >= 11 is 1.82. The smallest absolute Gasteiger partial charge is 0.380 e. The Balaban J connectivity index is 2.24. The molecule has 1 saturated heterocycles. The zero-order valence-electron chi connectivity index (χ0n) is 10.3. The summed E-state index contributed by atoms with van der Waals surface area (Å²) in [5.41, 5.74) is -0.266. The minimum Gasteiger partial charge on any atom is -0.380 e. The number of rotatable bonds is 2. The van der Waals surface area contributed by atoms with Crippen molar-refractivity contribution in [2.24, 2.45) is 0 Å². The van der Waals surface area contributed by atoms with E-state index >= 15 is 0 Å². The third-order valence-electron chi connectivity index (χ3n) is 3.18. The Morgan fingerprint density at radius 1 is 1.42 bits per heavy atom. The quantitative estimate of drug-likeness (QED) is 0.896. The molecule has 0 aliphatic carbocycles. The monoisotopic (exact) mass is 286 g/mol. The van der Waals surface area contributed by atoms with Crippen molar-refractivity contribution in [2.75, 3.05) is 11.1 Å². The minimum atomic E-state index is -4.42. The van der Waals surface area contributed by atoms with E-state index in [0.717, 1.165) is 24.3 Å². The molecular weight excluding hydrogens is 273 g/mol.